The van der Waals surface area contributed by atoms with E-state index >= 15 is 0 Å². The van der Waals surface area contributed by atoms with Crippen molar-refractivity contribution in [3.63, 3.8) is 0 Å². The summed E-state index contributed by atoms with van der Waals surface area (Å²) < 4.78 is 0. The first-order valence-corrected chi connectivity index (χ1v) is 8.70. The molecule has 1 N–H and O–H groups in total. The lowest BCUT2D eigenvalue weighted by Crippen LogP contribution is -2.50. The number of halogens is 1. The summed E-state index contributed by atoms with van der Waals surface area (Å²) in [5.41, 5.74) is 1.70. The van der Waals surface area contributed by atoms with Crippen molar-refractivity contribution >= 4 is 46.2 Å². The van der Waals surface area contributed by atoms with Gasteiger partial charge in [0.2, 0.25) is 11.8 Å². The van der Waals surface area contributed by atoms with Gasteiger partial charge in [-0.25, -0.2) is 4.98 Å². The lowest BCUT2D eigenvalue weighted by Gasteiger charge is -2.34. The van der Waals surface area contributed by atoms with E-state index in [1.54, 1.807) is 22.8 Å². The van der Waals surface area contributed by atoms with Crippen molar-refractivity contribution in [3.05, 3.63) is 23.2 Å². The zero-order valence-corrected chi connectivity index (χ0v) is 14.3. The summed E-state index contributed by atoms with van der Waals surface area (Å²) in [6.45, 7) is 3.95. The minimum absolute atomic E-state index is 0.0624. The Morgan fingerprint density at radius 3 is 2.65 bits per heavy atom. The highest BCUT2D eigenvalue weighted by atomic mass is 35.5. The lowest BCUT2D eigenvalue weighted by atomic mass is 10.3. The first kappa shape index (κ1) is 16.1. The van der Waals surface area contributed by atoms with Crippen molar-refractivity contribution in [1.29, 1.82) is 0 Å². The van der Waals surface area contributed by atoms with Crippen LogP contribution in [-0.4, -0.2) is 63.5 Å². The van der Waals surface area contributed by atoms with Crippen LogP contribution in [0.5, 0.6) is 0 Å². The van der Waals surface area contributed by atoms with Gasteiger partial charge in [-0.2, -0.15) is 0 Å². The van der Waals surface area contributed by atoms with E-state index < -0.39 is 0 Å². The van der Waals surface area contributed by atoms with Crippen molar-refractivity contribution in [2.45, 2.75) is 12.1 Å². The Kier molecular flexibility index (Phi) is 4.77. The van der Waals surface area contributed by atoms with Gasteiger partial charge in [-0.15, -0.1) is 0 Å². The fraction of sp³-hybridized carbons (Fsp3) is 0.400. The Bertz CT molecular complexity index is 740. The molecule has 0 bridgehead atoms. The molecule has 122 valence electrons. The monoisotopic (exact) mass is 352 g/mol. The SMILES string of the molecule is CC(=O)N1CCN(C(=O)CSc2nc3ccc(Cl)cc3[nH]2)CC1. The van der Waals surface area contributed by atoms with Gasteiger partial charge >= 0.3 is 0 Å². The van der Waals surface area contributed by atoms with Crippen LogP contribution in [0.2, 0.25) is 5.02 Å². The van der Waals surface area contributed by atoms with Crippen LogP contribution in [0.3, 0.4) is 0 Å². The Balaban J connectivity index is 1.55. The average molecular weight is 353 g/mol. The van der Waals surface area contributed by atoms with E-state index in [1.807, 2.05) is 12.1 Å². The molecule has 3 rings (SSSR count). The van der Waals surface area contributed by atoms with Gasteiger partial charge in [0.05, 0.1) is 16.8 Å². The molecule has 1 saturated heterocycles. The zero-order chi connectivity index (χ0) is 16.4. The molecule has 1 aliphatic heterocycles. The third kappa shape index (κ3) is 3.79. The van der Waals surface area contributed by atoms with Crippen LogP contribution < -0.4 is 0 Å². The molecule has 1 aromatic heterocycles. The highest BCUT2D eigenvalue weighted by molar-refractivity contribution is 7.99. The number of fused-ring (bicyclic) bond motifs is 1. The standard InChI is InChI=1S/C15H17ClN4O2S/c1-10(21)19-4-6-20(7-5-19)14(22)9-23-15-17-12-3-2-11(16)8-13(12)18-15/h2-3,8H,4-7,9H2,1H3,(H,17,18). The van der Waals surface area contributed by atoms with Crippen LogP contribution >= 0.6 is 23.4 Å². The van der Waals surface area contributed by atoms with E-state index in [2.05, 4.69) is 9.97 Å². The molecule has 8 heteroatoms. The van der Waals surface area contributed by atoms with Crippen molar-refractivity contribution in [2.75, 3.05) is 31.9 Å². The van der Waals surface area contributed by atoms with E-state index in [9.17, 15) is 9.59 Å². The molecule has 2 amide bonds. The molecule has 2 aromatic rings. The van der Waals surface area contributed by atoms with Crippen LogP contribution in [0.4, 0.5) is 0 Å². The van der Waals surface area contributed by atoms with Gasteiger partial charge in [-0.3, -0.25) is 9.59 Å². The number of hydrogen-bond acceptors (Lipinski definition) is 4. The number of carbonyl (C=O) groups excluding carboxylic acids is 2. The van der Waals surface area contributed by atoms with Gasteiger partial charge in [0.25, 0.3) is 0 Å². The van der Waals surface area contributed by atoms with Gasteiger partial charge in [-0.05, 0) is 18.2 Å². The van der Waals surface area contributed by atoms with Gasteiger partial charge in [-0.1, -0.05) is 23.4 Å². The van der Waals surface area contributed by atoms with E-state index in [-0.39, 0.29) is 11.8 Å². The maximum Gasteiger partial charge on any atom is 0.233 e. The average Bonchev–Trinajstić information content (AvgIpc) is 2.94. The number of benzene rings is 1. The summed E-state index contributed by atoms with van der Waals surface area (Å²) in [5, 5.41) is 1.36. The predicted octanol–water partition coefficient (Wildman–Crippen LogP) is 2.00. The third-order valence-corrected chi connectivity index (χ3v) is 4.93. The van der Waals surface area contributed by atoms with Crippen LogP contribution in [-0.2, 0) is 9.59 Å². The summed E-state index contributed by atoms with van der Waals surface area (Å²) >= 11 is 7.33. The maximum absolute atomic E-state index is 12.3. The van der Waals surface area contributed by atoms with Crippen LogP contribution in [0.25, 0.3) is 11.0 Å². The largest absolute Gasteiger partial charge is 0.339 e. The number of aromatic nitrogens is 2. The van der Waals surface area contributed by atoms with Crippen molar-refractivity contribution in [2.24, 2.45) is 0 Å². The second kappa shape index (κ2) is 6.80. The molecule has 23 heavy (non-hydrogen) atoms. The molecule has 0 spiro atoms. The molecule has 6 nitrogen and oxygen atoms in total. The molecule has 0 unspecified atom stereocenters. The Morgan fingerprint density at radius 2 is 1.96 bits per heavy atom. The van der Waals surface area contributed by atoms with Crippen LogP contribution in [0.15, 0.2) is 23.4 Å². The smallest absolute Gasteiger partial charge is 0.233 e. The number of amides is 2. The Labute approximate surface area is 143 Å². The van der Waals surface area contributed by atoms with Gasteiger partial charge in [0.15, 0.2) is 5.16 Å². The van der Waals surface area contributed by atoms with Gasteiger partial charge in [0.1, 0.15) is 0 Å². The Morgan fingerprint density at radius 1 is 1.26 bits per heavy atom. The number of piperazine rings is 1. The number of nitrogens with one attached hydrogen (secondary N) is 1. The van der Waals surface area contributed by atoms with Gasteiger partial charge in [0, 0.05) is 38.1 Å². The quantitative estimate of drug-likeness (QED) is 0.858. The molecule has 0 atom stereocenters. The summed E-state index contributed by atoms with van der Waals surface area (Å²) in [6, 6.07) is 5.45. The molecule has 0 aliphatic carbocycles. The third-order valence-electron chi connectivity index (χ3n) is 3.83. The molecular formula is C15H17ClN4O2S. The van der Waals surface area contributed by atoms with E-state index in [1.165, 1.54) is 11.8 Å². The minimum atomic E-state index is 0.0624. The van der Waals surface area contributed by atoms with E-state index in [0.717, 1.165) is 11.0 Å². The highest BCUT2D eigenvalue weighted by Crippen LogP contribution is 2.22. The number of carbonyl (C=O) groups is 2. The first-order chi connectivity index (χ1) is 11.0. The Hall–Kier alpha value is -1.73. The fourth-order valence-electron chi connectivity index (χ4n) is 2.52. The second-order valence-electron chi connectivity index (χ2n) is 5.38. The second-order valence-corrected chi connectivity index (χ2v) is 6.78. The predicted molar refractivity (Wildman–Crippen MR) is 90.7 cm³/mol. The number of aromatic amines is 1. The molecule has 1 aromatic carbocycles. The topological polar surface area (TPSA) is 69.3 Å². The number of thioether (sulfide) groups is 1. The van der Waals surface area contributed by atoms with Crippen molar-refractivity contribution < 1.29 is 9.59 Å². The molecule has 1 aliphatic rings. The van der Waals surface area contributed by atoms with Crippen molar-refractivity contribution in [3.8, 4) is 0 Å². The number of hydrogen-bond donors (Lipinski definition) is 1. The van der Waals surface area contributed by atoms with E-state index in [4.69, 9.17) is 11.6 Å². The van der Waals surface area contributed by atoms with Crippen LogP contribution in [0.1, 0.15) is 6.92 Å². The zero-order valence-electron chi connectivity index (χ0n) is 12.7. The van der Waals surface area contributed by atoms with Gasteiger partial charge < -0.3 is 14.8 Å². The molecule has 1 fully saturated rings. The lowest BCUT2D eigenvalue weighted by molar-refractivity contribution is -0.136. The minimum Gasteiger partial charge on any atom is -0.339 e. The highest BCUT2D eigenvalue weighted by Gasteiger charge is 2.22. The number of rotatable bonds is 3. The van der Waals surface area contributed by atoms with Crippen molar-refractivity contribution in [1.82, 2.24) is 19.8 Å². The molecular weight excluding hydrogens is 336 g/mol. The van der Waals surface area contributed by atoms with Crippen LogP contribution in [0, 0.1) is 0 Å². The molecule has 0 radical (unpaired) electrons. The first-order valence-electron chi connectivity index (χ1n) is 7.34. The molecule has 0 saturated carbocycles. The number of imidazole rings is 1. The molecule has 2 heterocycles. The summed E-state index contributed by atoms with van der Waals surface area (Å²) in [4.78, 5) is 34.7. The summed E-state index contributed by atoms with van der Waals surface area (Å²) in [6.07, 6.45) is 0. The number of nitrogens with zero attached hydrogens (tertiary/aromatic N) is 3. The maximum atomic E-state index is 12.3. The normalized spacial score (nSPS) is 15.2. The fourth-order valence-corrected chi connectivity index (χ4v) is 3.48. The number of H-pyrrole nitrogens is 1. The summed E-state index contributed by atoms with van der Waals surface area (Å²) in [5.74, 6) is 0.456. The van der Waals surface area contributed by atoms with E-state index in [0.29, 0.717) is 42.1 Å². The summed E-state index contributed by atoms with van der Waals surface area (Å²) in [7, 11) is 0.